The van der Waals surface area contributed by atoms with E-state index in [0.29, 0.717) is 10.6 Å². The van der Waals surface area contributed by atoms with Crippen LogP contribution in [0.15, 0.2) is 65.8 Å². The Hall–Kier alpha value is -2.99. The van der Waals surface area contributed by atoms with Crippen molar-refractivity contribution in [3.8, 4) is 17.1 Å². The van der Waals surface area contributed by atoms with Gasteiger partial charge in [-0.05, 0) is 30.4 Å². The molecule has 0 aliphatic carbocycles. The van der Waals surface area contributed by atoms with Crippen molar-refractivity contribution in [1.29, 1.82) is 0 Å². The fraction of sp³-hybridized carbons (Fsp3) is 0.0556. The van der Waals surface area contributed by atoms with Crippen LogP contribution in [-0.4, -0.2) is 28.2 Å². The first-order valence-electron chi connectivity index (χ1n) is 7.36. The molecule has 0 unspecified atom stereocenters. The molecule has 2 aromatic carbocycles. The molecule has 1 heterocycles. The van der Waals surface area contributed by atoms with E-state index in [1.807, 2.05) is 66.7 Å². The number of H-pyrrole nitrogens is 1. The molecule has 0 aliphatic rings. The summed E-state index contributed by atoms with van der Waals surface area (Å²) in [6.07, 6.45) is 5.43. The predicted octanol–water partition coefficient (Wildman–Crippen LogP) is 4.16. The molecule has 1 N–H and O–H groups in total. The van der Waals surface area contributed by atoms with Crippen molar-refractivity contribution in [2.75, 3.05) is 7.11 Å². The SMILES string of the molecule is COc1ccccc1/C=C/C=N\n1c(-c2ccccc2)n[nH]c1=S. The fourth-order valence-electron chi connectivity index (χ4n) is 2.23. The van der Waals surface area contributed by atoms with Crippen LogP contribution in [0.25, 0.3) is 17.5 Å². The molecule has 0 amide bonds. The van der Waals surface area contributed by atoms with Crippen molar-refractivity contribution < 1.29 is 4.74 Å². The average Bonchev–Trinajstić information content (AvgIpc) is 3.00. The number of hydrogen-bond donors (Lipinski definition) is 1. The molecular weight excluding hydrogens is 320 g/mol. The van der Waals surface area contributed by atoms with Gasteiger partial charge in [0.05, 0.1) is 7.11 Å². The first kappa shape index (κ1) is 15.9. The third kappa shape index (κ3) is 3.49. The molecule has 6 heteroatoms. The maximum absolute atomic E-state index is 5.31. The van der Waals surface area contributed by atoms with E-state index in [0.717, 1.165) is 16.9 Å². The van der Waals surface area contributed by atoms with Gasteiger partial charge in [0.2, 0.25) is 4.77 Å². The van der Waals surface area contributed by atoms with E-state index >= 15 is 0 Å². The summed E-state index contributed by atoms with van der Waals surface area (Å²) in [5, 5.41) is 11.4. The number of nitrogens with zero attached hydrogens (tertiary/aromatic N) is 3. The quantitative estimate of drug-likeness (QED) is 0.562. The van der Waals surface area contributed by atoms with E-state index in [2.05, 4.69) is 15.3 Å². The highest BCUT2D eigenvalue weighted by atomic mass is 32.1. The Labute approximate surface area is 144 Å². The van der Waals surface area contributed by atoms with Gasteiger partial charge in [-0.15, -0.1) is 0 Å². The summed E-state index contributed by atoms with van der Waals surface area (Å²) in [6, 6.07) is 17.5. The molecule has 3 aromatic rings. The molecule has 0 atom stereocenters. The van der Waals surface area contributed by atoms with Gasteiger partial charge in [-0.25, -0.2) is 5.10 Å². The highest BCUT2D eigenvalue weighted by molar-refractivity contribution is 7.71. The van der Waals surface area contributed by atoms with Crippen molar-refractivity contribution >= 4 is 24.5 Å². The lowest BCUT2D eigenvalue weighted by atomic mass is 10.2. The second kappa shape index (κ2) is 7.52. The third-order valence-electron chi connectivity index (χ3n) is 3.37. The largest absolute Gasteiger partial charge is 0.496 e. The molecule has 5 nitrogen and oxygen atoms in total. The zero-order chi connectivity index (χ0) is 16.8. The van der Waals surface area contributed by atoms with Crippen LogP contribution in [0, 0.1) is 4.77 Å². The molecule has 3 rings (SSSR count). The van der Waals surface area contributed by atoms with Gasteiger partial charge >= 0.3 is 0 Å². The molecular formula is C18H16N4OS. The number of aromatic nitrogens is 3. The zero-order valence-corrected chi connectivity index (χ0v) is 13.9. The van der Waals surface area contributed by atoms with Crippen molar-refractivity contribution in [1.82, 2.24) is 14.9 Å². The van der Waals surface area contributed by atoms with Crippen molar-refractivity contribution in [2.24, 2.45) is 5.10 Å². The summed E-state index contributed by atoms with van der Waals surface area (Å²) in [5.74, 6) is 1.48. The monoisotopic (exact) mass is 336 g/mol. The van der Waals surface area contributed by atoms with Crippen LogP contribution in [0.5, 0.6) is 5.75 Å². The minimum Gasteiger partial charge on any atom is -0.496 e. The maximum Gasteiger partial charge on any atom is 0.216 e. The van der Waals surface area contributed by atoms with E-state index in [9.17, 15) is 0 Å². The summed E-state index contributed by atoms with van der Waals surface area (Å²) < 4.78 is 7.35. The van der Waals surface area contributed by atoms with Gasteiger partial charge in [-0.1, -0.05) is 48.5 Å². The van der Waals surface area contributed by atoms with E-state index in [1.165, 1.54) is 0 Å². The Morgan fingerprint density at radius 1 is 1.12 bits per heavy atom. The number of hydrogen-bond acceptors (Lipinski definition) is 4. The summed E-state index contributed by atoms with van der Waals surface area (Å²) in [4.78, 5) is 0. The van der Waals surface area contributed by atoms with Gasteiger partial charge in [-0.3, -0.25) is 0 Å². The number of para-hydroxylation sites is 1. The van der Waals surface area contributed by atoms with Gasteiger partial charge in [0, 0.05) is 17.3 Å². The van der Waals surface area contributed by atoms with Crippen LogP contribution in [0.1, 0.15) is 5.56 Å². The molecule has 0 aliphatic heterocycles. The van der Waals surface area contributed by atoms with Crippen LogP contribution in [-0.2, 0) is 0 Å². The highest BCUT2D eigenvalue weighted by Crippen LogP contribution is 2.18. The first-order chi connectivity index (χ1) is 11.8. The van der Waals surface area contributed by atoms with Crippen molar-refractivity contribution in [2.45, 2.75) is 0 Å². The van der Waals surface area contributed by atoms with E-state index in [-0.39, 0.29) is 0 Å². The van der Waals surface area contributed by atoms with Gasteiger partial charge in [0.15, 0.2) is 5.82 Å². The van der Waals surface area contributed by atoms with Gasteiger partial charge in [0.1, 0.15) is 5.75 Å². The van der Waals surface area contributed by atoms with Crippen molar-refractivity contribution in [3.05, 3.63) is 71.0 Å². The minimum atomic E-state index is 0.441. The fourth-order valence-corrected chi connectivity index (χ4v) is 2.41. The average molecular weight is 336 g/mol. The Morgan fingerprint density at radius 2 is 1.88 bits per heavy atom. The number of ether oxygens (including phenoxy) is 1. The number of allylic oxidation sites excluding steroid dienone is 1. The number of methoxy groups -OCH3 is 1. The molecule has 0 fully saturated rings. The maximum atomic E-state index is 5.31. The van der Waals surface area contributed by atoms with Gasteiger partial charge in [0.25, 0.3) is 0 Å². The topological polar surface area (TPSA) is 55.2 Å². The predicted molar refractivity (Wildman–Crippen MR) is 98.8 cm³/mol. The molecule has 1 aromatic heterocycles. The van der Waals surface area contributed by atoms with Crippen molar-refractivity contribution in [3.63, 3.8) is 0 Å². The Kier molecular flexibility index (Phi) is 4.98. The normalized spacial score (nSPS) is 11.4. The van der Waals surface area contributed by atoms with E-state index < -0.39 is 0 Å². The molecule has 0 saturated carbocycles. The van der Waals surface area contributed by atoms with Gasteiger partial charge < -0.3 is 4.74 Å². The lowest BCUT2D eigenvalue weighted by Crippen LogP contribution is -1.93. The highest BCUT2D eigenvalue weighted by Gasteiger charge is 2.06. The smallest absolute Gasteiger partial charge is 0.216 e. The van der Waals surface area contributed by atoms with Crippen LogP contribution < -0.4 is 4.74 Å². The van der Waals surface area contributed by atoms with Crippen LogP contribution in [0.2, 0.25) is 0 Å². The minimum absolute atomic E-state index is 0.441. The number of aromatic amines is 1. The molecule has 0 radical (unpaired) electrons. The Morgan fingerprint density at radius 3 is 2.67 bits per heavy atom. The van der Waals surface area contributed by atoms with E-state index in [4.69, 9.17) is 17.0 Å². The first-order valence-corrected chi connectivity index (χ1v) is 7.77. The van der Waals surface area contributed by atoms with Gasteiger partial charge in [-0.2, -0.15) is 14.9 Å². The van der Waals surface area contributed by atoms with Crippen LogP contribution in [0.3, 0.4) is 0 Å². The Balaban J connectivity index is 1.84. The molecule has 0 saturated heterocycles. The standard InChI is InChI=1S/C18H16N4OS/c1-23-16-12-6-5-8-14(16)11-7-13-19-22-17(20-21-18(22)24)15-9-3-2-4-10-15/h2-13H,1H3,(H,21,24)/b11-7+,19-13-. The molecule has 0 spiro atoms. The second-order valence-electron chi connectivity index (χ2n) is 4.90. The second-order valence-corrected chi connectivity index (χ2v) is 5.28. The van der Waals surface area contributed by atoms with Crippen LogP contribution >= 0.6 is 12.2 Å². The summed E-state index contributed by atoms with van der Waals surface area (Å²) in [7, 11) is 1.65. The molecule has 0 bridgehead atoms. The summed E-state index contributed by atoms with van der Waals surface area (Å²) >= 11 is 5.24. The molecule has 120 valence electrons. The lowest BCUT2D eigenvalue weighted by Gasteiger charge is -2.02. The molecule has 24 heavy (non-hydrogen) atoms. The summed E-state index contributed by atoms with van der Waals surface area (Å²) in [5.41, 5.74) is 1.92. The zero-order valence-electron chi connectivity index (χ0n) is 13.1. The lowest BCUT2D eigenvalue weighted by molar-refractivity contribution is 0.414. The van der Waals surface area contributed by atoms with Crippen LogP contribution in [0.4, 0.5) is 0 Å². The summed E-state index contributed by atoms with van der Waals surface area (Å²) in [6.45, 7) is 0. The third-order valence-corrected chi connectivity index (χ3v) is 3.63. The number of nitrogens with one attached hydrogen (secondary N) is 1. The Bertz CT molecular complexity index is 925. The number of rotatable bonds is 5. The van der Waals surface area contributed by atoms with E-state index in [1.54, 1.807) is 18.0 Å². The number of benzene rings is 2.